The first-order valence-corrected chi connectivity index (χ1v) is 21.2. The van der Waals surface area contributed by atoms with Crippen molar-refractivity contribution in [1.82, 2.24) is 10.6 Å². The molecule has 0 radical (unpaired) electrons. The van der Waals surface area contributed by atoms with Crippen LogP contribution in [0.25, 0.3) is 21.5 Å². The van der Waals surface area contributed by atoms with Gasteiger partial charge in [-0.2, -0.15) is 0 Å². The minimum absolute atomic E-state index is 0. The maximum absolute atomic E-state index is 11.2. The van der Waals surface area contributed by atoms with Crippen LogP contribution in [0.4, 0.5) is 0 Å². The summed E-state index contributed by atoms with van der Waals surface area (Å²) in [5, 5.41) is 19.9. The van der Waals surface area contributed by atoms with Gasteiger partial charge < -0.3 is 35.4 Å². The first-order chi connectivity index (χ1) is 27.2. The maximum Gasteiger partial charge on any atom is 1.00 e. The molecule has 0 aliphatic heterocycles. The number of aliphatic carboxylic acids is 1. The summed E-state index contributed by atoms with van der Waals surface area (Å²) in [6, 6.07) is 25.5. The molecule has 9 nitrogen and oxygen atoms in total. The van der Waals surface area contributed by atoms with Crippen molar-refractivity contribution in [1.29, 1.82) is 0 Å². The van der Waals surface area contributed by atoms with Crippen LogP contribution in [0.15, 0.2) is 72.8 Å². The van der Waals surface area contributed by atoms with Crippen molar-refractivity contribution in [3.05, 3.63) is 83.9 Å². The van der Waals surface area contributed by atoms with Gasteiger partial charge in [-0.3, -0.25) is 9.59 Å². The Hall–Kier alpha value is -3.18. The number of hydrogen-bond acceptors (Lipinski definition) is 8. The number of ether oxygens (including phenoxy) is 3. The average molecular weight is 821 g/mol. The molecule has 2 aliphatic carbocycles. The second-order valence-electron chi connectivity index (χ2n) is 18.4. The molecule has 0 aromatic heterocycles. The molecule has 2 fully saturated rings. The summed E-state index contributed by atoms with van der Waals surface area (Å²) in [5.74, 6) is 2.57. The summed E-state index contributed by atoms with van der Waals surface area (Å²) in [5.41, 5.74) is 3.16. The van der Waals surface area contributed by atoms with Gasteiger partial charge in [0.2, 0.25) is 0 Å². The maximum atomic E-state index is 11.2. The zero-order chi connectivity index (χ0) is 41.0. The quantitative estimate of drug-likeness (QED) is 0.0665. The topological polar surface area (TPSA) is 136 Å². The summed E-state index contributed by atoms with van der Waals surface area (Å²) >= 11 is 0. The Morgan fingerprint density at radius 2 is 0.966 bits per heavy atom. The van der Waals surface area contributed by atoms with E-state index in [0.29, 0.717) is 49.1 Å². The molecule has 6 rings (SSSR count). The molecule has 0 amide bonds. The molecule has 0 heterocycles. The van der Waals surface area contributed by atoms with Crippen molar-refractivity contribution in [3.63, 3.8) is 0 Å². The molecule has 2 aliphatic rings. The number of rotatable bonds is 14. The Balaban J connectivity index is 0.000000305. The van der Waals surface area contributed by atoms with Gasteiger partial charge in [-0.1, -0.05) is 77.9 Å². The molecular formula is C49H69N2NaO7. The van der Waals surface area contributed by atoms with Crippen LogP contribution in [0.3, 0.4) is 0 Å². The Labute approximate surface area is 375 Å². The third-order valence-corrected chi connectivity index (χ3v) is 12.1. The number of benzene rings is 4. The van der Waals surface area contributed by atoms with Crippen LogP contribution >= 0.6 is 0 Å². The summed E-state index contributed by atoms with van der Waals surface area (Å²) in [7, 11) is 1.42. The van der Waals surface area contributed by atoms with E-state index >= 15 is 0 Å². The number of carboxylic acid groups (broad SMARTS) is 1. The number of fused-ring (bicyclic) bond motifs is 2. The number of esters is 1. The van der Waals surface area contributed by atoms with E-state index in [-0.39, 0.29) is 47.4 Å². The van der Waals surface area contributed by atoms with Crippen LogP contribution in [0, 0.1) is 22.7 Å². The van der Waals surface area contributed by atoms with E-state index in [4.69, 9.17) is 14.6 Å². The third-order valence-electron chi connectivity index (χ3n) is 12.1. The van der Waals surface area contributed by atoms with Crippen molar-refractivity contribution in [2.75, 3.05) is 20.2 Å². The fourth-order valence-corrected chi connectivity index (χ4v) is 8.34. The van der Waals surface area contributed by atoms with Crippen LogP contribution in [-0.2, 0) is 27.4 Å². The molecule has 0 saturated heterocycles. The molecule has 2 saturated carbocycles. The summed E-state index contributed by atoms with van der Waals surface area (Å²) in [6.45, 7) is 16.6. The fraction of sp³-hybridized carbons (Fsp3) is 0.551. The van der Waals surface area contributed by atoms with Gasteiger partial charge in [-0.05, 0) is 143 Å². The van der Waals surface area contributed by atoms with Gasteiger partial charge >= 0.3 is 41.5 Å². The van der Waals surface area contributed by atoms with Gasteiger partial charge in [0, 0.05) is 26.2 Å². The minimum Gasteiger partial charge on any atom is -0.870 e. The van der Waals surface area contributed by atoms with Crippen molar-refractivity contribution >= 4 is 33.5 Å². The normalized spacial score (nSPS) is 19.4. The van der Waals surface area contributed by atoms with Crippen LogP contribution in [0.5, 0.6) is 11.5 Å². The van der Waals surface area contributed by atoms with Crippen molar-refractivity contribution < 1.29 is 63.9 Å². The van der Waals surface area contributed by atoms with Crippen LogP contribution in [0.2, 0.25) is 0 Å². The average Bonchev–Trinajstić information content (AvgIpc) is 3.18. The molecule has 0 atom stereocenters. The van der Waals surface area contributed by atoms with E-state index < -0.39 is 5.97 Å². The molecule has 4 N–H and O–H groups in total. The SMILES string of the molecule is CC(C)(C)C1CCC(Oc2ccc3cc(CNCCC(=O)O)ccc3c2)CC1.COC(=O)CCNCc1ccc2cc(OC3CCC(C(C)(C)C)CC3)ccc2c1.[Na+].[OH-]. The molecule has 4 aromatic rings. The number of carbonyl (C=O) groups is 2. The molecule has 0 bridgehead atoms. The van der Waals surface area contributed by atoms with E-state index in [1.807, 2.05) is 0 Å². The molecule has 10 heteroatoms. The van der Waals surface area contributed by atoms with E-state index in [0.717, 1.165) is 61.1 Å². The second-order valence-corrected chi connectivity index (χ2v) is 18.4. The van der Waals surface area contributed by atoms with Crippen LogP contribution in [0.1, 0.15) is 117 Å². The molecular weight excluding hydrogens is 752 g/mol. The Kier molecular flexibility index (Phi) is 20.2. The van der Waals surface area contributed by atoms with E-state index in [9.17, 15) is 9.59 Å². The van der Waals surface area contributed by atoms with Crippen LogP contribution < -0.4 is 49.7 Å². The monoisotopic (exact) mass is 821 g/mol. The van der Waals surface area contributed by atoms with Crippen LogP contribution in [-0.4, -0.2) is 54.9 Å². The van der Waals surface area contributed by atoms with Gasteiger partial charge in [0.1, 0.15) is 11.5 Å². The van der Waals surface area contributed by atoms with Gasteiger partial charge in [-0.15, -0.1) is 0 Å². The molecule has 0 unspecified atom stereocenters. The predicted molar refractivity (Wildman–Crippen MR) is 234 cm³/mol. The van der Waals surface area contributed by atoms with Crippen molar-refractivity contribution in [2.45, 2.75) is 131 Å². The fourth-order valence-electron chi connectivity index (χ4n) is 8.34. The molecule has 318 valence electrons. The molecule has 4 aromatic carbocycles. The van der Waals surface area contributed by atoms with E-state index in [2.05, 4.69) is 130 Å². The minimum atomic E-state index is -0.773. The number of hydrogen-bond donors (Lipinski definition) is 3. The number of methoxy groups -OCH3 is 1. The number of carbonyl (C=O) groups excluding carboxylic acids is 1. The van der Waals surface area contributed by atoms with Gasteiger partial charge in [0.05, 0.1) is 32.2 Å². The third kappa shape index (κ3) is 16.3. The van der Waals surface area contributed by atoms with Crippen molar-refractivity contribution in [2.24, 2.45) is 22.7 Å². The van der Waals surface area contributed by atoms with Gasteiger partial charge in [-0.25, -0.2) is 0 Å². The second kappa shape index (κ2) is 23.7. The zero-order valence-corrected chi connectivity index (χ0v) is 39.1. The first-order valence-electron chi connectivity index (χ1n) is 21.2. The van der Waals surface area contributed by atoms with E-state index in [1.165, 1.54) is 59.9 Å². The smallest absolute Gasteiger partial charge is 0.870 e. The Morgan fingerprint density at radius 3 is 1.34 bits per heavy atom. The summed E-state index contributed by atoms with van der Waals surface area (Å²) in [4.78, 5) is 21.7. The summed E-state index contributed by atoms with van der Waals surface area (Å²) in [6.07, 6.45) is 10.8. The number of nitrogens with one attached hydrogen (secondary N) is 2. The number of carboxylic acids is 1. The molecule has 0 spiro atoms. The Bertz CT molecular complexity index is 1900. The Morgan fingerprint density at radius 1 is 0.593 bits per heavy atom. The standard InChI is InChI=1S/C25H35NO3.C24H33NO3.Na.H2O/c1-25(2,3)21-8-11-22(12-9-21)29-23-10-7-19-15-18(5-6-20(19)16-23)17-26-14-13-24(27)28-4;1-24(2,3)20-7-10-21(11-8-20)28-22-9-6-18-14-17(4-5-19(18)15-22)16-25-13-12-23(26)27;;/h5-7,10,15-16,21-22,26H,8-9,11-14,17H2,1-4H3;4-6,9,14-15,20-21,25H,7-8,10-13,16H2,1-3H3,(H,26,27);;1H2/q;;+1;/p-1. The van der Waals surface area contributed by atoms with E-state index in [1.54, 1.807) is 0 Å². The van der Waals surface area contributed by atoms with Crippen molar-refractivity contribution in [3.8, 4) is 11.5 Å². The predicted octanol–water partition coefficient (Wildman–Crippen LogP) is 7.69. The largest absolute Gasteiger partial charge is 1.00 e. The summed E-state index contributed by atoms with van der Waals surface area (Å²) < 4.78 is 17.3. The zero-order valence-electron chi connectivity index (χ0n) is 37.1. The molecule has 59 heavy (non-hydrogen) atoms. The van der Waals surface area contributed by atoms with Gasteiger partial charge in [0.25, 0.3) is 0 Å². The van der Waals surface area contributed by atoms with Gasteiger partial charge in [0.15, 0.2) is 0 Å². The first kappa shape index (κ1) is 50.2.